The van der Waals surface area contributed by atoms with Crippen molar-refractivity contribution in [3.63, 3.8) is 0 Å². The number of furan rings is 1. The van der Waals surface area contributed by atoms with Gasteiger partial charge in [-0.3, -0.25) is 0 Å². The third-order valence-electron chi connectivity index (χ3n) is 8.38. The summed E-state index contributed by atoms with van der Waals surface area (Å²) in [6, 6.07) is 43.9. The van der Waals surface area contributed by atoms with Gasteiger partial charge in [0.25, 0.3) is 0 Å². The Morgan fingerprint density at radius 3 is 1.82 bits per heavy atom. The first-order valence-electron chi connectivity index (χ1n) is 17.3. The highest BCUT2D eigenvalue weighted by Gasteiger charge is 2.22. The van der Waals surface area contributed by atoms with Gasteiger partial charge in [-0.15, -0.1) is 11.3 Å². The van der Waals surface area contributed by atoms with E-state index in [0.29, 0.717) is 5.56 Å². The number of fused-ring (bicyclic) bond motifs is 6. The lowest BCUT2D eigenvalue weighted by atomic mass is 10.00. The van der Waals surface area contributed by atoms with Crippen LogP contribution in [0.3, 0.4) is 0 Å². The van der Waals surface area contributed by atoms with E-state index in [1.54, 1.807) is 11.3 Å². The first-order valence-corrected chi connectivity index (χ1v) is 15.6. The largest absolute Gasteiger partial charge is 0.456 e. The average Bonchev–Trinajstić information content (AvgIpc) is 3.73. The fourth-order valence-electron chi connectivity index (χ4n) is 6.32. The second-order valence-electron chi connectivity index (χ2n) is 11.0. The number of hydrogen-bond acceptors (Lipinski definition) is 3. The number of rotatable bonds is 5. The van der Waals surface area contributed by atoms with Crippen molar-refractivity contribution >= 4 is 70.5 Å². The van der Waals surface area contributed by atoms with E-state index in [0.717, 1.165) is 50.1 Å². The Morgan fingerprint density at radius 2 is 1.04 bits per heavy atom. The van der Waals surface area contributed by atoms with Crippen LogP contribution in [0.2, 0.25) is 0 Å². The molecule has 0 saturated heterocycles. The van der Waals surface area contributed by atoms with Crippen molar-refractivity contribution in [3.05, 3.63) is 164 Å². The maximum atomic E-state index is 8.38. The molecule has 0 N–H and O–H groups in total. The molecule has 0 bridgehead atoms. The van der Waals surface area contributed by atoms with Crippen LogP contribution in [0, 0.1) is 0 Å². The molecule has 0 unspecified atom stereocenters. The minimum Gasteiger partial charge on any atom is -0.456 e. The van der Waals surface area contributed by atoms with Crippen LogP contribution in [-0.2, 0) is 0 Å². The van der Waals surface area contributed by atoms with Crippen LogP contribution in [0.15, 0.2) is 168 Å². The molecule has 2 heterocycles. The first kappa shape index (κ1) is 21.1. The van der Waals surface area contributed by atoms with Crippen molar-refractivity contribution in [2.24, 2.45) is 0 Å². The van der Waals surface area contributed by atoms with E-state index in [4.69, 9.17) is 11.3 Å². The Kier molecular flexibility index (Phi) is 4.94. The third kappa shape index (κ3) is 4.32. The van der Waals surface area contributed by atoms with E-state index < -0.39 is 6.04 Å². The quantitative estimate of drug-likeness (QED) is 0.196. The summed E-state index contributed by atoms with van der Waals surface area (Å²) >= 11 is 1.80. The van der Waals surface area contributed by atoms with Gasteiger partial charge in [-0.05, 0) is 70.8 Å². The van der Waals surface area contributed by atoms with Crippen LogP contribution in [0.1, 0.15) is 6.85 Å². The van der Waals surface area contributed by atoms with Gasteiger partial charge in [0, 0.05) is 31.2 Å². The molecule has 0 amide bonds. The highest BCUT2D eigenvalue weighted by Crippen LogP contribution is 2.48. The van der Waals surface area contributed by atoms with Crippen LogP contribution in [0.5, 0.6) is 0 Å². The summed E-state index contributed by atoms with van der Waals surface area (Å²) in [5.74, 6) is 0. The van der Waals surface area contributed by atoms with E-state index in [2.05, 4.69) is 83.8 Å². The number of anilines is 3. The Labute approximate surface area is 272 Å². The van der Waals surface area contributed by atoms with Gasteiger partial charge < -0.3 is 9.32 Å². The Morgan fingerprint density at radius 1 is 0.467 bits per heavy atom. The van der Waals surface area contributed by atoms with Crippen molar-refractivity contribution in [1.82, 2.24) is 0 Å². The molecule has 2 aromatic heterocycles. The van der Waals surface area contributed by atoms with Crippen LogP contribution in [0.25, 0.3) is 64.4 Å². The molecule has 0 aliphatic rings. The lowest BCUT2D eigenvalue weighted by Gasteiger charge is -2.27. The van der Waals surface area contributed by atoms with E-state index >= 15 is 0 Å². The van der Waals surface area contributed by atoms with E-state index in [-0.39, 0.29) is 29.7 Å². The summed E-state index contributed by atoms with van der Waals surface area (Å²) in [7, 11) is 0. The van der Waals surface area contributed by atoms with Gasteiger partial charge in [0.05, 0.1) is 23.6 Å². The third-order valence-corrected chi connectivity index (χ3v) is 9.51. The van der Waals surface area contributed by atoms with Crippen LogP contribution in [-0.4, -0.2) is 0 Å². The topological polar surface area (TPSA) is 16.4 Å². The number of thiophene rings is 1. The Balaban J connectivity index is 1.19. The highest BCUT2D eigenvalue weighted by atomic mass is 32.1. The molecule has 0 aliphatic heterocycles. The molecule has 9 aromatic rings. The molecule has 0 atom stereocenters. The SMILES string of the molecule is [2H]c1c([2H])c([2H])c(-c2ccc(-c3ccc(N(c4cccc5oc6ccccc6c45)c4cccc5sc6ccccc6c45)cc3)cc2)c([2H])c1[2H]. The standard InChI is InChI=1S/C42H27NOS/c1-2-10-28(11-3-1)29-20-22-30(23-21-29)31-24-26-32(27-25-31)43(35-14-8-17-38-41(35)33-12-4-6-16-37(33)44-38)36-15-9-19-40-42(36)34-13-5-7-18-39(34)45-40/h1-27H/i1D,2D,3D,10D,11D. The smallest absolute Gasteiger partial charge is 0.137 e. The summed E-state index contributed by atoms with van der Waals surface area (Å²) in [5.41, 5.74) is 7.48. The minimum atomic E-state index is -0.393. The number of hydrogen-bond donors (Lipinski definition) is 0. The molecule has 0 aliphatic carbocycles. The van der Waals surface area contributed by atoms with Crippen LogP contribution < -0.4 is 4.90 Å². The fraction of sp³-hybridized carbons (Fsp3) is 0. The van der Waals surface area contributed by atoms with Gasteiger partial charge >= 0.3 is 0 Å². The molecular formula is C42H27NOS. The van der Waals surface area contributed by atoms with E-state index in [1.165, 1.54) is 20.2 Å². The molecular weight excluding hydrogens is 567 g/mol. The summed E-state index contributed by atoms with van der Waals surface area (Å²) in [6.07, 6.45) is 0. The summed E-state index contributed by atoms with van der Waals surface area (Å²) in [5, 5.41) is 4.52. The Bertz CT molecular complexity index is 2630. The molecule has 0 fully saturated rings. The Hall–Kier alpha value is -5.64. The van der Waals surface area contributed by atoms with Gasteiger partial charge in [-0.25, -0.2) is 0 Å². The summed E-state index contributed by atoms with van der Waals surface area (Å²) in [4.78, 5) is 2.33. The predicted molar refractivity (Wildman–Crippen MR) is 192 cm³/mol. The highest BCUT2D eigenvalue weighted by molar-refractivity contribution is 7.26. The predicted octanol–water partition coefficient (Wildman–Crippen LogP) is 12.8. The van der Waals surface area contributed by atoms with E-state index in [1.807, 2.05) is 54.6 Å². The van der Waals surface area contributed by atoms with Gasteiger partial charge in [-0.1, -0.05) is 115 Å². The molecule has 0 spiro atoms. The number of nitrogens with zero attached hydrogens (tertiary/aromatic N) is 1. The van der Waals surface area contributed by atoms with Crippen molar-refractivity contribution in [2.45, 2.75) is 0 Å². The van der Waals surface area contributed by atoms with Gasteiger partial charge in [-0.2, -0.15) is 0 Å². The monoisotopic (exact) mass is 598 g/mol. The second kappa shape index (κ2) is 10.5. The molecule has 3 heteroatoms. The molecule has 0 radical (unpaired) electrons. The molecule has 45 heavy (non-hydrogen) atoms. The van der Waals surface area contributed by atoms with Crippen molar-refractivity contribution < 1.29 is 11.3 Å². The second-order valence-corrected chi connectivity index (χ2v) is 12.0. The zero-order chi connectivity index (χ0) is 34.1. The van der Waals surface area contributed by atoms with Crippen LogP contribution in [0.4, 0.5) is 17.1 Å². The van der Waals surface area contributed by atoms with Crippen LogP contribution >= 0.6 is 11.3 Å². The zero-order valence-corrected chi connectivity index (χ0v) is 24.8. The fourth-order valence-corrected chi connectivity index (χ4v) is 7.45. The zero-order valence-electron chi connectivity index (χ0n) is 29.0. The number of para-hydroxylation sites is 1. The lowest BCUT2D eigenvalue weighted by Crippen LogP contribution is -2.10. The average molecular weight is 599 g/mol. The van der Waals surface area contributed by atoms with Gasteiger partial charge in [0.1, 0.15) is 11.2 Å². The number of benzene rings is 7. The first-order chi connectivity index (χ1) is 24.4. The lowest BCUT2D eigenvalue weighted by molar-refractivity contribution is 0.669. The molecule has 2 nitrogen and oxygen atoms in total. The maximum Gasteiger partial charge on any atom is 0.137 e. The molecule has 212 valence electrons. The normalized spacial score (nSPS) is 13.1. The molecule has 0 saturated carbocycles. The van der Waals surface area contributed by atoms with Crippen molar-refractivity contribution in [2.75, 3.05) is 4.90 Å². The van der Waals surface area contributed by atoms with Crippen molar-refractivity contribution in [1.29, 1.82) is 0 Å². The maximum absolute atomic E-state index is 8.38. The molecule has 9 rings (SSSR count). The molecule has 7 aromatic carbocycles. The van der Waals surface area contributed by atoms with Gasteiger partial charge in [0.15, 0.2) is 0 Å². The van der Waals surface area contributed by atoms with Crippen molar-refractivity contribution in [3.8, 4) is 22.3 Å². The summed E-state index contributed by atoms with van der Waals surface area (Å²) in [6.45, 7) is 0. The minimum absolute atomic E-state index is 0.199. The summed E-state index contributed by atoms with van der Waals surface area (Å²) < 4.78 is 49.6. The van der Waals surface area contributed by atoms with Gasteiger partial charge in [0.2, 0.25) is 0 Å². The van der Waals surface area contributed by atoms with E-state index in [9.17, 15) is 0 Å².